The maximum atomic E-state index is 13.2. The summed E-state index contributed by atoms with van der Waals surface area (Å²) in [5.74, 6) is 0.747. The van der Waals surface area contributed by atoms with Gasteiger partial charge >= 0.3 is 5.97 Å². The standard InChI is InChI=1S/C26H17ClO6/c1-14-24(15-3-6-18(30-2)7-4-15)25(28)20-9-8-19(13-22(20)31-14)32-26(29)23-12-16-11-17(27)5-10-21(16)33-23/h3-13H,1-2H3. The molecule has 0 aliphatic carbocycles. The Bertz CT molecular complexity index is 1580. The predicted octanol–water partition coefficient (Wildman–Crippen LogP) is 6.40. The molecule has 7 heteroatoms. The zero-order chi connectivity index (χ0) is 23.1. The van der Waals surface area contributed by atoms with Crippen LogP contribution in [0.4, 0.5) is 0 Å². The van der Waals surface area contributed by atoms with Crippen molar-refractivity contribution in [3.8, 4) is 22.6 Å². The van der Waals surface area contributed by atoms with E-state index >= 15 is 0 Å². The molecule has 0 saturated carbocycles. The zero-order valence-corrected chi connectivity index (χ0v) is 18.4. The topological polar surface area (TPSA) is 78.9 Å². The first kappa shape index (κ1) is 20.8. The fourth-order valence-electron chi connectivity index (χ4n) is 3.71. The first-order valence-electron chi connectivity index (χ1n) is 10.1. The summed E-state index contributed by atoms with van der Waals surface area (Å²) in [6.07, 6.45) is 0. The molecule has 0 unspecified atom stereocenters. The average molecular weight is 461 g/mol. The molecule has 6 nitrogen and oxygen atoms in total. The van der Waals surface area contributed by atoms with Crippen LogP contribution in [0.2, 0.25) is 5.02 Å². The van der Waals surface area contributed by atoms with Gasteiger partial charge in [0.25, 0.3) is 0 Å². The molecule has 0 radical (unpaired) electrons. The van der Waals surface area contributed by atoms with Crippen molar-refractivity contribution in [2.75, 3.05) is 7.11 Å². The third-order valence-corrected chi connectivity index (χ3v) is 5.54. The maximum Gasteiger partial charge on any atom is 0.379 e. The third kappa shape index (κ3) is 3.85. The molecule has 0 aliphatic heterocycles. The number of ether oxygens (including phenoxy) is 2. The van der Waals surface area contributed by atoms with Crippen LogP contribution in [-0.4, -0.2) is 13.1 Å². The molecular weight excluding hydrogens is 444 g/mol. The number of hydrogen-bond acceptors (Lipinski definition) is 6. The van der Waals surface area contributed by atoms with Crippen LogP contribution in [0.25, 0.3) is 33.1 Å². The second-order valence-corrected chi connectivity index (χ2v) is 7.87. The normalized spacial score (nSPS) is 11.1. The molecule has 0 aliphatic rings. The minimum absolute atomic E-state index is 0.0415. The summed E-state index contributed by atoms with van der Waals surface area (Å²) in [4.78, 5) is 25.7. The third-order valence-electron chi connectivity index (χ3n) is 5.31. The van der Waals surface area contributed by atoms with E-state index in [1.807, 2.05) is 0 Å². The molecule has 5 aromatic rings. The van der Waals surface area contributed by atoms with Crippen LogP contribution in [-0.2, 0) is 0 Å². The van der Waals surface area contributed by atoms with E-state index in [4.69, 9.17) is 29.9 Å². The van der Waals surface area contributed by atoms with Gasteiger partial charge in [0.1, 0.15) is 28.4 Å². The van der Waals surface area contributed by atoms with Gasteiger partial charge in [-0.15, -0.1) is 0 Å². The van der Waals surface area contributed by atoms with Crippen molar-refractivity contribution >= 4 is 39.5 Å². The van der Waals surface area contributed by atoms with E-state index in [0.29, 0.717) is 44.0 Å². The van der Waals surface area contributed by atoms with Gasteiger partial charge in [-0.1, -0.05) is 23.7 Å². The van der Waals surface area contributed by atoms with E-state index in [1.54, 1.807) is 74.7 Å². The molecule has 0 saturated heterocycles. The Morgan fingerprint density at radius 2 is 1.64 bits per heavy atom. The number of halogens is 1. The second kappa shape index (κ2) is 8.15. The molecule has 2 heterocycles. The van der Waals surface area contributed by atoms with Gasteiger partial charge < -0.3 is 18.3 Å². The Hall–Kier alpha value is -4.03. The first-order chi connectivity index (χ1) is 15.9. The number of methoxy groups -OCH3 is 1. The number of furan rings is 1. The molecule has 5 rings (SSSR count). The van der Waals surface area contributed by atoms with Crippen molar-refractivity contribution in [2.45, 2.75) is 6.92 Å². The van der Waals surface area contributed by atoms with E-state index < -0.39 is 5.97 Å². The molecule has 0 amide bonds. The van der Waals surface area contributed by atoms with Crippen LogP contribution in [0.3, 0.4) is 0 Å². The molecule has 33 heavy (non-hydrogen) atoms. The molecule has 0 fully saturated rings. The Morgan fingerprint density at radius 3 is 2.39 bits per heavy atom. The number of rotatable bonds is 4. The number of hydrogen-bond donors (Lipinski definition) is 0. The van der Waals surface area contributed by atoms with Crippen molar-refractivity contribution in [1.29, 1.82) is 0 Å². The van der Waals surface area contributed by atoms with E-state index in [9.17, 15) is 9.59 Å². The molecule has 0 N–H and O–H groups in total. The van der Waals surface area contributed by atoms with Gasteiger partial charge in [-0.3, -0.25) is 4.79 Å². The van der Waals surface area contributed by atoms with Crippen LogP contribution in [0.1, 0.15) is 16.3 Å². The number of benzene rings is 3. The summed E-state index contributed by atoms with van der Waals surface area (Å²) >= 11 is 5.98. The lowest BCUT2D eigenvalue weighted by atomic mass is 10.0. The van der Waals surface area contributed by atoms with Crippen molar-refractivity contribution < 1.29 is 23.1 Å². The average Bonchev–Trinajstić information content (AvgIpc) is 3.23. The monoisotopic (exact) mass is 460 g/mol. The summed E-state index contributed by atoms with van der Waals surface area (Å²) in [5.41, 5.74) is 1.86. The lowest BCUT2D eigenvalue weighted by Gasteiger charge is -2.09. The summed E-state index contributed by atoms with van der Waals surface area (Å²) in [6.45, 7) is 1.72. The van der Waals surface area contributed by atoms with E-state index in [0.717, 1.165) is 5.56 Å². The van der Waals surface area contributed by atoms with Gasteiger partial charge in [-0.25, -0.2) is 4.79 Å². The van der Waals surface area contributed by atoms with Crippen molar-refractivity contribution in [2.24, 2.45) is 0 Å². The molecule has 0 bridgehead atoms. The van der Waals surface area contributed by atoms with Gasteiger partial charge in [0.2, 0.25) is 11.2 Å². The Morgan fingerprint density at radius 1 is 0.879 bits per heavy atom. The Labute approximate surface area is 192 Å². The lowest BCUT2D eigenvalue weighted by Crippen LogP contribution is -2.09. The molecular formula is C26H17ClO6. The van der Waals surface area contributed by atoms with Gasteiger partial charge in [0.15, 0.2) is 0 Å². The minimum Gasteiger partial charge on any atom is -0.497 e. The summed E-state index contributed by atoms with van der Waals surface area (Å²) in [6, 6.07) is 18.4. The van der Waals surface area contributed by atoms with Crippen LogP contribution < -0.4 is 14.9 Å². The zero-order valence-electron chi connectivity index (χ0n) is 17.7. The predicted molar refractivity (Wildman–Crippen MR) is 125 cm³/mol. The first-order valence-corrected chi connectivity index (χ1v) is 10.4. The van der Waals surface area contributed by atoms with Crippen LogP contribution in [0.5, 0.6) is 11.5 Å². The number of fused-ring (bicyclic) bond motifs is 2. The van der Waals surface area contributed by atoms with Crippen molar-refractivity contribution in [3.05, 3.63) is 93.5 Å². The number of carbonyl (C=O) groups is 1. The molecule has 3 aromatic carbocycles. The largest absolute Gasteiger partial charge is 0.497 e. The fraction of sp³-hybridized carbons (Fsp3) is 0.0769. The van der Waals surface area contributed by atoms with Gasteiger partial charge in [-0.05, 0) is 61.0 Å². The SMILES string of the molecule is COc1ccc(-c2c(C)oc3cc(OC(=O)c4cc5cc(Cl)ccc5o4)ccc3c2=O)cc1. The molecule has 0 atom stereocenters. The number of carbonyl (C=O) groups excluding carboxylic acids is 1. The highest BCUT2D eigenvalue weighted by molar-refractivity contribution is 6.31. The minimum atomic E-state index is -0.671. The maximum absolute atomic E-state index is 13.2. The highest BCUT2D eigenvalue weighted by Gasteiger charge is 2.18. The Balaban J connectivity index is 1.47. The lowest BCUT2D eigenvalue weighted by molar-refractivity contribution is 0.0704. The number of aryl methyl sites for hydroxylation is 1. The van der Waals surface area contributed by atoms with Crippen LogP contribution in [0, 0.1) is 6.92 Å². The Kier molecular flexibility index (Phi) is 5.15. The number of esters is 1. The highest BCUT2D eigenvalue weighted by Crippen LogP contribution is 2.29. The van der Waals surface area contributed by atoms with Gasteiger partial charge in [0, 0.05) is 16.5 Å². The highest BCUT2D eigenvalue weighted by atomic mass is 35.5. The quantitative estimate of drug-likeness (QED) is 0.228. The fourth-order valence-corrected chi connectivity index (χ4v) is 3.89. The molecule has 2 aromatic heterocycles. The van der Waals surface area contributed by atoms with Crippen molar-refractivity contribution in [1.82, 2.24) is 0 Å². The van der Waals surface area contributed by atoms with Crippen LogP contribution in [0.15, 0.2) is 80.4 Å². The summed E-state index contributed by atoms with van der Waals surface area (Å²) < 4.78 is 22.1. The van der Waals surface area contributed by atoms with Crippen molar-refractivity contribution in [3.63, 3.8) is 0 Å². The van der Waals surface area contributed by atoms with Gasteiger partial charge in [0.05, 0.1) is 18.1 Å². The van der Waals surface area contributed by atoms with E-state index in [1.165, 1.54) is 6.07 Å². The molecule has 0 spiro atoms. The van der Waals surface area contributed by atoms with Crippen LogP contribution >= 0.6 is 11.6 Å². The summed E-state index contributed by atoms with van der Waals surface area (Å²) in [5, 5.41) is 1.61. The smallest absolute Gasteiger partial charge is 0.379 e. The second-order valence-electron chi connectivity index (χ2n) is 7.43. The summed E-state index contributed by atoms with van der Waals surface area (Å²) in [7, 11) is 1.58. The molecule has 164 valence electrons. The van der Waals surface area contributed by atoms with E-state index in [-0.39, 0.29) is 16.9 Å². The van der Waals surface area contributed by atoms with E-state index in [2.05, 4.69) is 0 Å². The van der Waals surface area contributed by atoms with Gasteiger partial charge in [-0.2, -0.15) is 0 Å².